The fourth-order valence-corrected chi connectivity index (χ4v) is 4.62. The molecule has 1 amide bonds. The maximum absolute atomic E-state index is 12.7. The third kappa shape index (κ3) is 5.82. The molecule has 0 aromatic carbocycles. The number of nitrogens with one attached hydrogen (secondary N) is 1. The Hall–Kier alpha value is -0.870. The van der Waals surface area contributed by atoms with Crippen molar-refractivity contribution < 1.29 is 9.53 Å². The van der Waals surface area contributed by atoms with E-state index in [1.54, 1.807) is 11.3 Å². The molecule has 0 atom stereocenters. The number of halogens is 1. The maximum Gasteiger partial charge on any atom is 0.225 e. The van der Waals surface area contributed by atoms with Crippen molar-refractivity contribution in [2.45, 2.75) is 32.1 Å². The van der Waals surface area contributed by atoms with Crippen LogP contribution in [0.15, 0.2) is 22.5 Å². The Kier molecular flexibility index (Phi) is 9.01. The Balaban J connectivity index is 0.00000280. The summed E-state index contributed by atoms with van der Waals surface area (Å²) >= 11 is 1.80. The van der Waals surface area contributed by atoms with Crippen LogP contribution in [0.5, 0.6) is 0 Å². The van der Waals surface area contributed by atoms with E-state index in [0.29, 0.717) is 19.1 Å². The van der Waals surface area contributed by atoms with Gasteiger partial charge in [0.15, 0.2) is 5.96 Å². The second kappa shape index (κ2) is 10.8. The fraction of sp³-hybridized carbons (Fsp3) is 0.700. The molecule has 1 aromatic heterocycles. The number of morpholine rings is 1. The van der Waals surface area contributed by atoms with Gasteiger partial charge in [-0.25, -0.2) is 0 Å². The number of ether oxygens (including phenoxy) is 1. The molecular formula is C20H33IN4O2S. The number of nitrogens with zero attached hydrogens (tertiary/aromatic N) is 3. The standard InChI is InChI=1S/C20H32N4O2S.HI/c1-20(2,17-5-4-14-27-17)15-22-19(21-3)24-8-6-16(7-9-24)18(25)23-10-12-26-13-11-23;/h4-5,14,16H,6-13,15H2,1-3H3,(H,21,22);1H. The lowest BCUT2D eigenvalue weighted by Crippen LogP contribution is -2.51. The summed E-state index contributed by atoms with van der Waals surface area (Å²) in [4.78, 5) is 22.8. The molecule has 2 aliphatic heterocycles. The lowest BCUT2D eigenvalue weighted by molar-refractivity contribution is -0.140. The molecule has 2 saturated heterocycles. The van der Waals surface area contributed by atoms with Gasteiger partial charge in [-0.15, -0.1) is 35.3 Å². The number of rotatable bonds is 4. The van der Waals surface area contributed by atoms with Crippen molar-refractivity contribution in [2.75, 3.05) is 53.0 Å². The maximum atomic E-state index is 12.7. The summed E-state index contributed by atoms with van der Waals surface area (Å²) in [6.45, 7) is 9.91. The molecule has 2 aliphatic rings. The second-order valence-electron chi connectivity index (χ2n) is 7.96. The number of likely N-dealkylation sites (tertiary alicyclic amines) is 1. The second-order valence-corrected chi connectivity index (χ2v) is 8.91. The van der Waals surface area contributed by atoms with Gasteiger partial charge in [0.1, 0.15) is 0 Å². The number of hydrogen-bond acceptors (Lipinski definition) is 4. The highest BCUT2D eigenvalue weighted by Crippen LogP contribution is 2.27. The van der Waals surface area contributed by atoms with E-state index < -0.39 is 0 Å². The van der Waals surface area contributed by atoms with E-state index in [0.717, 1.165) is 51.5 Å². The first-order valence-electron chi connectivity index (χ1n) is 9.87. The molecule has 0 aliphatic carbocycles. The van der Waals surface area contributed by atoms with Crippen LogP contribution in [0.2, 0.25) is 0 Å². The number of hydrogen-bond donors (Lipinski definition) is 1. The number of aliphatic imine (C=N–C) groups is 1. The average Bonchev–Trinajstić information content (AvgIpc) is 3.25. The molecule has 2 fully saturated rings. The van der Waals surface area contributed by atoms with Gasteiger partial charge < -0.3 is 19.9 Å². The predicted octanol–water partition coefficient (Wildman–Crippen LogP) is 2.79. The quantitative estimate of drug-likeness (QED) is 0.377. The van der Waals surface area contributed by atoms with Crippen LogP contribution in [0.4, 0.5) is 0 Å². The first-order valence-corrected chi connectivity index (χ1v) is 10.8. The summed E-state index contributed by atoms with van der Waals surface area (Å²) in [5, 5.41) is 5.67. The van der Waals surface area contributed by atoms with Crippen LogP contribution in [-0.4, -0.2) is 74.7 Å². The van der Waals surface area contributed by atoms with Crippen molar-refractivity contribution in [3.8, 4) is 0 Å². The zero-order valence-corrected chi connectivity index (χ0v) is 20.3. The number of carbonyl (C=O) groups excluding carboxylic acids is 1. The number of amides is 1. The Labute approximate surface area is 189 Å². The minimum atomic E-state index is 0. The largest absolute Gasteiger partial charge is 0.378 e. The smallest absolute Gasteiger partial charge is 0.225 e. The number of thiophene rings is 1. The molecule has 0 bridgehead atoms. The average molecular weight is 520 g/mol. The van der Waals surface area contributed by atoms with Crippen LogP contribution in [0.3, 0.4) is 0 Å². The van der Waals surface area contributed by atoms with E-state index in [2.05, 4.69) is 46.6 Å². The van der Waals surface area contributed by atoms with Gasteiger partial charge >= 0.3 is 0 Å². The molecule has 3 rings (SSSR count). The van der Waals surface area contributed by atoms with E-state index in [4.69, 9.17) is 4.74 Å². The van der Waals surface area contributed by atoms with Gasteiger partial charge in [-0.2, -0.15) is 0 Å². The van der Waals surface area contributed by atoms with Crippen LogP contribution in [0, 0.1) is 5.92 Å². The first-order chi connectivity index (χ1) is 13.0. The zero-order valence-electron chi connectivity index (χ0n) is 17.1. The molecule has 0 unspecified atom stereocenters. The predicted molar refractivity (Wildman–Crippen MR) is 126 cm³/mol. The molecule has 28 heavy (non-hydrogen) atoms. The van der Waals surface area contributed by atoms with Crippen molar-refractivity contribution in [1.29, 1.82) is 0 Å². The van der Waals surface area contributed by atoms with Gasteiger partial charge in [0.05, 0.1) is 13.2 Å². The first kappa shape index (κ1) is 23.4. The van der Waals surface area contributed by atoms with Gasteiger partial charge in [0.25, 0.3) is 0 Å². The van der Waals surface area contributed by atoms with Crippen molar-refractivity contribution in [2.24, 2.45) is 10.9 Å². The van der Waals surface area contributed by atoms with Gasteiger partial charge in [0, 0.05) is 56.0 Å². The highest BCUT2D eigenvalue weighted by atomic mass is 127. The number of piperidine rings is 1. The van der Waals surface area contributed by atoms with Crippen molar-refractivity contribution in [3.63, 3.8) is 0 Å². The van der Waals surface area contributed by atoms with E-state index in [1.807, 2.05) is 11.9 Å². The minimum Gasteiger partial charge on any atom is -0.378 e. The molecular weight excluding hydrogens is 487 g/mol. The van der Waals surface area contributed by atoms with Gasteiger partial charge in [-0.05, 0) is 24.3 Å². The summed E-state index contributed by atoms with van der Waals surface area (Å²) < 4.78 is 5.36. The van der Waals surface area contributed by atoms with Crippen LogP contribution >= 0.6 is 35.3 Å². The van der Waals surface area contributed by atoms with E-state index in [-0.39, 0.29) is 35.3 Å². The Morgan fingerprint density at radius 2 is 1.93 bits per heavy atom. The van der Waals surface area contributed by atoms with E-state index in [1.165, 1.54) is 4.88 Å². The molecule has 3 heterocycles. The number of carbonyl (C=O) groups is 1. The minimum absolute atomic E-state index is 0. The Morgan fingerprint density at radius 3 is 2.50 bits per heavy atom. The molecule has 0 spiro atoms. The van der Waals surface area contributed by atoms with Gasteiger partial charge in [-0.1, -0.05) is 19.9 Å². The van der Waals surface area contributed by atoms with Crippen LogP contribution < -0.4 is 5.32 Å². The molecule has 6 nitrogen and oxygen atoms in total. The summed E-state index contributed by atoms with van der Waals surface area (Å²) in [7, 11) is 1.84. The number of guanidine groups is 1. The van der Waals surface area contributed by atoms with Crippen LogP contribution in [-0.2, 0) is 14.9 Å². The van der Waals surface area contributed by atoms with Crippen molar-refractivity contribution in [3.05, 3.63) is 22.4 Å². The highest BCUT2D eigenvalue weighted by Gasteiger charge is 2.31. The van der Waals surface area contributed by atoms with E-state index in [9.17, 15) is 4.79 Å². The Morgan fingerprint density at radius 1 is 1.25 bits per heavy atom. The van der Waals surface area contributed by atoms with Crippen LogP contribution in [0.25, 0.3) is 0 Å². The molecule has 8 heteroatoms. The SMILES string of the molecule is CN=C(NCC(C)(C)c1cccs1)N1CCC(C(=O)N2CCOCC2)CC1.I. The summed E-state index contributed by atoms with van der Waals surface area (Å²) in [6.07, 6.45) is 1.79. The lowest BCUT2D eigenvalue weighted by atomic mass is 9.91. The van der Waals surface area contributed by atoms with Crippen molar-refractivity contribution >= 4 is 47.2 Å². The lowest BCUT2D eigenvalue weighted by Gasteiger charge is -2.37. The molecule has 0 radical (unpaired) electrons. The highest BCUT2D eigenvalue weighted by molar-refractivity contribution is 14.0. The molecule has 1 aromatic rings. The van der Waals surface area contributed by atoms with Gasteiger partial charge in [0.2, 0.25) is 5.91 Å². The van der Waals surface area contributed by atoms with E-state index >= 15 is 0 Å². The summed E-state index contributed by atoms with van der Waals surface area (Å²) in [5.74, 6) is 1.39. The molecule has 158 valence electrons. The fourth-order valence-electron chi connectivity index (χ4n) is 3.76. The molecule has 0 saturated carbocycles. The van der Waals surface area contributed by atoms with Gasteiger partial charge in [-0.3, -0.25) is 9.79 Å². The van der Waals surface area contributed by atoms with Crippen LogP contribution in [0.1, 0.15) is 31.6 Å². The normalized spacial score (nSPS) is 19.3. The Bertz CT molecular complexity index is 637. The van der Waals surface area contributed by atoms with Crippen molar-refractivity contribution in [1.82, 2.24) is 15.1 Å². The summed E-state index contributed by atoms with van der Waals surface area (Å²) in [5.41, 5.74) is 0.0642. The topological polar surface area (TPSA) is 57.2 Å². The third-order valence-electron chi connectivity index (χ3n) is 5.55. The summed E-state index contributed by atoms with van der Waals surface area (Å²) in [6, 6.07) is 4.30. The zero-order chi connectivity index (χ0) is 19.3. The third-order valence-corrected chi connectivity index (χ3v) is 6.79. The monoisotopic (exact) mass is 520 g/mol. The molecule has 1 N–H and O–H groups in total.